The molecule has 176 valence electrons. The van der Waals surface area contributed by atoms with Gasteiger partial charge in [0.25, 0.3) is 0 Å². The molecule has 5 rings (SSSR count). The summed E-state index contributed by atoms with van der Waals surface area (Å²) in [7, 11) is 1.98. The molecule has 0 amide bonds. The highest BCUT2D eigenvalue weighted by Crippen LogP contribution is 2.52. The lowest BCUT2D eigenvalue weighted by Crippen LogP contribution is -2.37. The van der Waals surface area contributed by atoms with Gasteiger partial charge in [-0.05, 0) is 59.8 Å². The molecule has 34 heavy (non-hydrogen) atoms. The maximum atomic E-state index is 14.3. The number of ketones is 2. The highest BCUT2D eigenvalue weighted by atomic mass is 79.9. The minimum Gasteiger partial charge on any atom is -0.487 e. The lowest BCUT2D eigenvalue weighted by molar-refractivity contribution is -0.117. The standard InChI is InChI=1S/C27H24Br2FNO3/c1-31-20-8-4-10-22(32)25(20)24(26-21(31)9-5-11-23(26)33)17-12-16(28)13-18(29)27(17)34-14-15-6-2-3-7-19(15)30/h2-3,6-7,12-13,24H,4-5,8-11,14H2,1H3. The molecular formula is C27H24Br2FNO3. The van der Waals surface area contributed by atoms with E-state index in [1.54, 1.807) is 18.2 Å². The number of hydrogen-bond acceptors (Lipinski definition) is 4. The van der Waals surface area contributed by atoms with Crippen molar-refractivity contribution in [3.05, 3.63) is 84.8 Å². The molecule has 2 aliphatic carbocycles. The van der Waals surface area contributed by atoms with Crippen molar-refractivity contribution in [3.8, 4) is 5.75 Å². The smallest absolute Gasteiger partial charge is 0.161 e. The van der Waals surface area contributed by atoms with Gasteiger partial charge >= 0.3 is 0 Å². The van der Waals surface area contributed by atoms with Crippen molar-refractivity contribution in [2.75, 3.05) is 7.05 Å². The van der Waals surface area contributed by atoms with E-state index in [9.17, 15) is 14.0 Å². The normalized spacial score (nSPS) is 18.9. The van der Waals surface area contributed by atoms with Crippen molar-refractivity contribution in [1.29, 1.82) is 0 Å². The number of allylic oxidation sites excluding steroid dienone is 4. The van der Waals surface area contributed by atoms with E-state index in [1.165, 1.54) is 6.07 Å². The van der Waals surface area contributed by atoms with E-state index in [1.807, 2.05) is 19.2 Å². The van der Waals surface area contributed by atoms with Crippen LogP contribution in [0, 0.1) is 5.82 Å². The second kappa shape index (κ2) is 9.42. The van der Waals surface area contributed by atoms with Crippen LogP contribution >= 0.6 is 31.9 Å². The Kier molecular flexibility index (Phi) is 6.51. The Morgan fingerprint density at radius 3 is 2.21 bits per heavy atom. The van der Waals surface area contributed by atoms with Crippen LogP contribution in [0.2, 0.25) is 0 Å². The van der Waals surface area contributed by atoms with Crippen LogP contribution in [0.3, 0.4) is 0 Å². The summed E-state index contributed by atoms with van der Waals surface area (Å²) in [5.74, 6) is -0.141. The number of rotatable bonds is 4. The van der Waals surface area contributed by atoms with Gasteiger partial charge in [-0.15, -0.1) is 0 Å². The van der Waals surface area contributed by atoms with E-state index >= 15 is 0 Å². The Morgan fingerprint density at radius 1 is 0.971 bits per heavy atom. The zero-order valence-electron chi connectivity index (χ0n) is 18.8. The van der Waals surface area contributed by atoms with Crippen molar-refractivity contribution >= 4 is 43.4 Å². The number of ether oxygens (including phenoxy) is 1. The monoisotopic (exact) mass is 587 g/mol. The average molecular weight is 589 g/mol. The predicted octanol–water partition coefficient (Wildman–Crippen LogP) is 6.97. The summed E-state index contributed by atoms with van der Waals surface area (Å²) in [5.41, 5.74) is 4.59. The Bertz CT molecular complexity index is 1220. The van der Waals surface area contributed by atoms with Crippen LogP contribution < -0.4 is 4.74 Å². The van der Waals surface area contributed by atoms with E-state index in [2.05, 4.69) is 36.8 Å². The highest BCUT2D eigenvalue weighted by molar-refractivity contribution is 9.11. The zero-order valence-corrected chi connectivity index (χ0v) is 22.0. The van der Waals surface area contributed by atoms with Gasteiger partial charge in [0.2, 0.25) is 0 Å². The van der Waals surface area contributed by atoms with E-state index in [0.717, 1.165) is 47.1 Å². The second-order valence-electron chi connectivity index (χ2n) is 8.95. The average Bonchev–Trinajstić information content (AvgIpc) is 2.80. The van der Waals surface area contributed by atoms with Gasteiger partial charge in [0, 0.05) is 63.9 Å². The van der Waals surface area contributed by atoms with E-state index < -0.39 is 5.92 Å². The molecule has 1 heterocycles. The molecule has 4 nitrogen and oxygen atoms in total. The van der Waals surface area contributed by atoms with Gasteiger partial charge < -0.3 is 9.64 Å². The summed E-state index contributed by atoms with van der Waals surface area (Å²) in [6, 6.07) is 10.3. The molecule has 0 spiro atoms. The van der Waals surface area contributed by atoms with Crippen molar-refractivity contribution in [1.82, 2.24) is 4.90 Å². The lowest BCUT2D eigenvalue weighted by Gasteiger charge is -2.42. The van der Waals surface area contributed by atoms with Gasteiger partial charge in [-0.1, -0.05) is 34.1 Å². The first-order valence-corrected chi connectivity index (χ1v) is 13.1. The summed E-state index contributed by atoms with van der Waals surface area (Å²) in [5, 5.41) is 0. The molecule has 3 aliphatic rings. The summed E-state index contributed by atoms with van der Waals surface area (Å²) in [4.78, 5) is 28.7. The molecule has 0 saturated heterocycles. The quantitative estimate of drug-likeness (QED) is 0.387. The lowest BCUT2D eigenvalue weighted by atomic mass is 9.71. The Hall–Kier alpha value is -2.25. The molecule has 0 bridgehead atoms. The molecule has 0 radical (unpaired) electrons. The maximum Gasteiger partial charge on any atom is 0.161 e. The number of Topliss-reactive ketones (excluding diaryl/α,β-unsaturated/α-hetero) is 2. The molecule has 0 saturated carbocycles. The van der Waals surface area contributed by atoms with Gasteiger partial charge in [-0.2, -0.15) is 0 Å². The Morgan fingerprint density at radius 2 is 1.59 bits per heavy atom. The highest BCUT2D eigenvalue weighted by Gasteiger charge is 2.43. The number of halogens is 3. The first-order valence-electron chi connectivity index (χ1n) is 11.5. The first kappa shape index (κ1) is 23.5. The third-order valence-electron chi connectivity index (χ3n) is 6.92. The number of nitrogens with zero attached hydrogens (tertiary/aromatic N) is 1. The van der Waals surface area contributed by atoms with Crippen molar-refractivity contribution in [3.63, 3.8) is 0 Å². The molecule has 0 fully saturated rings. The summed E-state index contributed by atoms with van der Waals surface area (Å²) in [6.45, 7) is 0.0340. The maximum absolute atomic E-state index is 14.3. The first-order chi connectivity index (χ1) is 16.4. The van der Waals surface area contributed by atoms with Crippen molar-refractivity contribution in [2.24, 2.45) is 0 Å². The Labute approximate surface area is 215 Å². The molecular weight excluding hydrogens is 565 g/mol. The van der Waals surface area contributed by atoms with E-state index in [0.29, 0.717) is 39.8 Å². The Balaban J connectivity index is 1.68. The molecule has 7 heteroatoms. The molecule has 2 aromatic rings. The van der Waals surface area contributed by atoms with Gasteiger partial charge in [0.1, 0.15) is 18.2 Å². The van der Waals surface area contributed by atoms with Crippen LogP contribution in [0.4, 0.5) is 4.39 Å². The number of carbonyl (C=O) groups excluding carboxylic acids is 2. The largest absolute Gasteiger partial charge is 0.487 e. The zero-order chi connectivity index (χ0) is 24.0. The third-order valence-corrected chi connectivity index (χ3v) is 7.97. The third kappa shape index (κ3) is 4.07. The van der Waals surface area contributed by atoms with Gasteiger partial charge in [0.15, 0.2) is 11.6 Å². The van der Waals surface area contributed by atoms with Crippen molar-refractivity contribution < 1.29 is 18.7 Å². The summed E-state index contributed by atoms with van der Waals surface area (Å²) in [6.07, 6.45) is 4.18. The van der Waals surface area contributed by atoms with Crippen LogP contribution in [0.25, 0.3) is 0 Å². The van der Waals surface area contributed by atoms with Crippen LogP contribution in [0.15, 0.2) is 67.9 Å². The fourth-order valence-electron chi connectivity index (χ4n) is 5.38. The van der Waals surface area contributed by atoms with Crippen LogP contribution in [0.5, 0.6) is 5.75 Å². The number of benzene rings is 2. The van der Waals surface area contributed by atoms with Gasteiger partial charge in [-0.25, -0.2) is 4.39 Å². The number of hydrogen-bond donors (Lipinski definition) is 0. The number of carbonyl (C=O) groups is 2. The minimum absolute atomic E-state index is 0.0340. The summed E-state index contributed by atoms with van der Waals surface area (Å²) < 4.78 is 22.0. The van der Waals surface area contributed by atoms with Crippen LogP contribution in [-0.2, 0) is 16.2 Å². The van der Waals surface area contributed by atoms with Crippen molar-refractivity contribution in [2.45, 2.75) is 51.0 Å². The molecule has 0 N–H and O–H groups in total. The summed E-state index contributed by atoms with van der Waals surface area (Å²) >= 11 is 7.20. The van der Waals surface area contributed by atoms with Gasteiger partial charge in [-0.3, -0.25) is 9.59 Å². The van der Waals surface area contributed by atoms with E-state index in [-0.39, 0.29) is 24.0 Å². The molecule has 2 aromatic carbocycles. The minimum atomic E-state index is -0.494. The fourth-order valence-corrected chi connectivity index (χ4v) is 6.75. The molecule has 0 aromatic heterocycles. The molecule has 1 aliphatic heterocycles. The second-order valence-corrected chi connectivity index (χ2v) is 10.7. The SMILES string of the molecule is CN1C2=C(C(=O)CCC2)C(c2cc(Br)cc(Br)c2OCc2ccccc2F)C2=C1CCCC2=O. The predicted molar refractivity (Wildman–Crippen MR) is 135 cm³/mol. The van der Waals surface area contributed by atoms with Crippen LogP contribution in [0.1, 0.15) is 55.6 Å². The fraction of sp³-hybridized carbons (Fsp3) is 0.333. The molecule has 0 atom stereocenters. The molecule has 0 unspecified atom stereocenters. The van der Waals surface area contributed by atoms with Crippen LogP contribution in [-0.4, -0.2) is 23.5 Å². The van der Waals surface area contributed by atoms with E-state index in [4.69, 9.17) is 4.74 Å². The topological polar surface area (TPSA) is 46.6 Å². The van der Waals surface area contributed by atoms with Gasteiger partial charge in [0.05, 0.1) is 4.47 Å².